The van der Waals surface area contributed by atoms with Crippen LogP contribution < -0.4 is 172 Å². The molecule has 0 aromatic heterocycles. The minimum atomic E-state index is -5.72. The molecule has 0 N–H and O–H groups in total. The van der Waals surface area contributed by atoms with Crippen molar-refractivity contribution >= 4 is 23.2 Å². The van der Waals surface area contributed by atoms with Gasteiger partial charge >= 0.3 is 156 Å². The molecule has 8 nitrogen and oxygen atoms in total. The van der Waals surface area contributed by atoms with Crippen LogP contribution in [0.1, 0.15) is 0 Å². The molecule has 0 radical (unpaired) electrons. The third-order valence-corrected chi connectivity index (χ3v) is 5.80. The molecular formula is C2H3Na5O8P3+. The second-order valence-electron chi connectivity index (χ2n) is 2.08. The normalized spacial score (nSPS) is 10.7. The van der Waals surface area contributed by atoms with Crippen LogP contribution in [0.3, 0.4) is 0 Å². The fourth-order valence-corrected chi connectivity index (χ4v) is 4.56. The van der Waals surface area contributed by atoms with Crippen molar-refractivity contribution in [1.82, 2.24) is 0 Å². The zero-order chi connectivity index (χ0) is 10.9. The zero-order valence-electron chi connectivity index (χ0n) is 10.9. The molecule has 0 fully saturated rings. The molecule has 0 aliphatic heterocycles. The average molecular weight is 363 g/mol. The fourth-order valence-electron chi connectivity index (χ4n) is 0.507. The number of rotatable bonds is 4. The second-order valence-corrected chi connectivity index (χ2v) is 6.92. The molecule has 0 aliphatic carbocycles. The van der Waals surface area contributed by atoms with E-state index in [-0.39, 0.29) is 148 Å². The van der Waals surface area contributed by atoms with E-state index in [0.29, 0.717) is 0 Å². The van der Waals surface area contributed by atoms with Crippen molar-refractivity contribution in [3.8, 4) is 0 Å². The van der Waals surface area contributed by atoms with Crippen molar-refractivity contribution < 1.29 is 186 Å². The molecule has 0 aromatic rings. The van der Waals surface area contributed by atoms with Gasteiger partial charge in [-0.1, -0.05) is 19.8 Å². The van der Waals surface area contributed by atoms with Gasteiger partial charge in [0.25, 0.3) is 0 Å². The van der Waals surface area contributed by atoms with Crippen molar-refractivity contribution in [2.45, 2.75) is 5.40 Å². The first-order chi connectivity index (χ1) is 5.55. The summed E-state index contributed by atoms with van der Waals surface area (Å²) in [5, 5.41) is -2.90. The van der Waals surface area contributed by atoms with E-state index < -0.39 is 34.8 Å². The molecule has 1 unspecified atom stereocenters. The molecule has 0 spiro atoms. The molecule has 0 aliphatic rings. The summed E-state index contributed by atoms with van der Waals surface area (Å²) in [5.74, 6) is 0. The van der Waals surface area contributed by atoms with E-state index >= 15 is 0 Å². The molecule has 0 heterocycles. The molecule has 78 valence electrons. The van der Waals surface area contributed by atoms with Gasteiger partial charge in [0.05, 0.1) is 5.40 Å². The maximum absolute atomic E-state index is 10.1. The molecule has 18 heavy (non-hydrogen) atoms. The van der Waals surface area contributed by atoms with Crippen LogP contribution in [0, 0.1) is 0 Å². The first kappa shape index (κ1) is 38.8. The van der Waals surface area contributed by atoms with E-state index in [0.717, 1.165) is 0 Å². The van der Waals surface area contributed by atoms with Crippen molar-refractivity contribution in [3.63, 3.8) is 0 Å². The Morgan fingerprint density at radius 1 is 0.833 bits per heavy atom. The third kappa shape index (κ3) is 19.4. The summed E-state index contributed by atoms with van der Waals surface area (Å²) >= 11 is 0. The molecule has 0 saturated carbocycles. The van der Waals surface area contributed by atoms with Crippen molar-refractivity contribution in [3.05, 3.63) is 0 Å². The predicted molar refractivity (Wildman–Crippen MR) is 31.5 cm³/mol. The van der Waals surface area contributed by atoms with Gasteiger partial charge < -0.3 is 33.6 Å². The van der Waals surface area contributed by atoms with Gasteiger partial charge in [0.1, 0.15) is 0 Å². The van der Waals surface area contributed by atoms with Gasteiger partial charge in [0.2, 0.25) is 0 Å². The molecule has 0 rings (SSSR count). The molecule has 0 bridgehead atoms. The van der Waals surface area contributed by atoms with Crippen LogP contribution >= 0.6 is 23.2 Å². The summed E-state index contributed by atoms with van der Waals surface area (Å²) in [7, 11) is -14.9. The van der Waals surface area contributed by atoms with Crippen molar-refractivity contribution in [2.75, 3.05) is 6.16 Å². The van der Waals surface area contributed by atoms with Gasteiger partial charge in [-0.25, -0.2) is 0 Å². The van der Waals surface area contributed by atoms with E-state index in [4.69, 9.17) is 0 Å². The summed E-state index contributed by atoms with van der Waals surface area (Å²) < 4.78 is 30.2. The largest absolute Gasteiger partial charge is 1.00 e. The van der Waals surface area contributed by atoms with Crippen LogP contribution in [0.15, 0.2) is 0 Å². The summed E-state index contributed by atoms with van der Waals surface area (Å²) in [5.41, 5.74) is 0. The molecule has 0 aromatic carbocycles. The van der Waals surface area contributed by atoms with Gasteiger partial charge in [-0.3, -0.25) is 0 Å². The minimum Gasteiger partial charge on any atom is -0.810 e. The standard InChI is InChI=1S/C2H7O8P3.5Na/c3-11(4)1-2(12(5,6)7)13(8,9)10;;;;;/h2H,1H2,(H2,5,6,7)(H2,8,9,10);;;;;/q;5*+1/p-4. The van der Waals surface area contributed by atoms with Crippen molar-refractivity contribution in [2.24, 2.45) is 0 Å². The minimum absolute atomic E-state index is 0. The monoisotopic (exact) mass is 363 g/mol. The first-order valence-electron chi connectivity index (χ1n) is 2.70. The summed E-state index contributed by atoms with van der Waals surface area (Å²) in [6.45, 7) is 0. The maximum Gasteiger partial charge on any atom is 1.00 e. The van der Waals surface area contributed by atoms with Crippen LogP contribution in [0.2, 0.25) is 0 Å². The molecule has 0 amide bonds. The smallest absolute Gasteiger partial charge is 0.810 e. The third-order valence-electron chi connectivity index (χ3n) is 1.04. The number of hydrogen-bond donors (Lipinski definition) is 0. The predicted octanol–water partition coefficient (Wildman–Crippen LogP) is -18.7. The Morgan fingerprint density at radius 3 is 1.11 bits per heavy atom. The Kier molecular flexibility index (Phi) is 37.0. The SMILES string of the molecule is O=[P+]([O-])CC(P(=O)([O-])[O-])P(=O)([O-])[O-].[Na+].[Na+].[Na+].[Na+].[Na+]. The van der Waals surface area contributed by atoms with E-state index in [1.54, 1.807) is 0 Å². The molecular weight excluding hydrogens is 360 g/mol. The van der Waals surface area contributed by atoms with Crippen LogP contribution in [-0.4, -0.2) is 11.6 Å². The molecule has 16 heteroatoms. The Morgan fingerprint density at radius 2 is 1.06 bits per heavy atom. The van der Waals surface area contributed by atoms with Crippen LogP contribution in [-0.2, 0) is 13.7 Å². The van der Waals surface area contributed by atoms with Gasteiger partial charge in [-0.2, -0.15) is 0 Å². The van der Waals surface area contributed by atoms with E-state index in [1.165, 1.54) is 0 Å². The Labute approximate surface area is 216 Å². The summed E-state index contributed by atoms with van der Waals surface area (Å²) in [6, 6.07) is 0. The van der Waals surface area contributed by atoms with Gasteiger partial charge in [0.15, 0.2) is 6.16 Å². The second kappa shape index (κ2) is 17.2. The summed E-state index contributed by atoms with van der Waals surface area (Å²) in [6.07, 6.45) is -1.48. The van der Waals surface area contributed by atoms with Gasteiger partial charge in [-0.05, 0) is 0 Å². The van der Waals surface area contributed by atoms with E-state index in [1.807, 2.05) is 0 Å². The van der Waals surface area contributed by atoms with Crippen molar-refractivity contribution in [1.29, 1.82) is 0 Å². The van der Waals surface area contributed by atoms with Gasteiger partial charge in [0, 0.05) is 0 Å². The first-order valence-corrected chi connectivity index (χ1v) is 7.29. The van der Waals surface area contributed by atoms with Crippen LogP contribution in [0.25, 0.3) is 0 Å². The Balaban J connectivity index is -0.0000000720. The topological polar surface area (TPSA) is 167 Å². The fraction of sp³-hybridized carbons (Fsp3) is 1.00. The quantitative estimate of drug-likeness (QED) is 0.351. The van der Waals surface area contributed by atoms with Crippen LogP contribution in [0.4, 0.5) is 0 Å². The van der Waals surface area contributed by atoms with Gasteiger partial charge in [-0.15, -0.1) is 0 Å². The Bertz CT molecular complexity index is 277. The van der Waals surface area contributed by atoms with E-state index in [2.05, 4.69) is 0 Å². The maximum atomic E-state index is 10.1. The average Bonchev–Trinajstić information content (AvgIpc) is 1.77. The summed E-state index contributed by atoms with van der Waals surface area (Å²) in [4.78, 5) is 50.5. The molecule has 1 atom stereocenters. The Hall–Kier alpha value is 5.36. The zero-order valence-corrected chi connectivity index (χ0v) is 23.6. The van der Waals surface area contributed by atoms with E-state index in [9.17, 15) is 38.2 Å². The van der Waals surface area contributed by atoms with Crippen LogP contribution in [0.5, 0.6) is 0 Å². The molecule has 0 saturated heterocycles. The number of hydrogen-bond acceptors (Lipinski definition) is 8.